The van der Waals surface area contributed by atoms with Gasteiger partial charge in [-0.1, -0.05) is 6.07 Å². The molecule has 1 aliphatic rings. The van der Waals surface area contributed by atoms with Gasteiger partial charge in [0, 0.05) is 37.9 Å². The van der Waals surface area contributed by atoms with Crippen LogP contribution in [0.15, 0.2) is 24.4 Å². The number of hydrogen-bond acceptors (Lipinski definition) is 4. The zero-order valence-electron chi connectivity index (χ0n) is 12.3. The second-order valence-electron chi connectivity index (χ2n) is 5.85. The highest BCUT2D eigenvalue weighted by Crippen LogP contribution is 2.27. The zero-order chi connectivity index (χ0) is 13.7. The van der Waals surface area contributed by atoms with Gasteiger partial charge in [0.15, 0.2) is 0 Å². The number of rotatable bonds is 5. The summed E-state index contributed by atoms with van der Waals surface area (Å²) in [5.74, 6) is 0. The normalized spacial score (nSPS) is 19.3. The third-order valence-corrected chi connectivity index (χ3v) is 4.07. The van der Waals surface area contributed by atoms with E-state index in [0.717, 1.165) is 38.3 Å². The number of aromatic nitrogens is 1. The smallest absolute Gasteiger partial charge is 0.0573 e. The van der Waals surface area contributed by atoms with Crippen LogP contribution in [0.3, 0.4) is 0 Å². The third kappa shape index (κ3) is 3.75. The molecule has 1 aromatic rings. The fraction of sp³-hybridized carbons (Fsp3) is 0.667. The van der Waals surface area contributed by atoms with Gasteiger partial charge in [0.25, 0.3) is 0 Å². The standard InChI is InChI=1S/C15H26N4/c1-15(2,19-10-8-17-9-11-19)12-14(16-3)13-6-4-5-7-18-13/h4-7,14,16-17H,8-12H2,1-3H3. The minimum Gasteiger partial charge on any atom is -0.314 e. The zero-order valence-corrected chi connectivity index (χ0v) is 12.3. The van der Waals surface area contributed by atoms with E-state index in [4.69, 9.17) is 0 Å². The van der Waals surface area contributed by atoms with E-state index in [1.165, 1.54) is 0 Å². The van der Waals surface area contributed by atoms with E-state index in [9.17, 15) is 0 Å². The maximum atomic E-state index is 4.49. The van der Waals surface area contributed by atoms with Crippen LogP contribution in [0.25, 0.3) is 0 Å². The number of pyridine rings is 1. The third-order valence-electron chi connectivity index (χ3n) is 4.07. The average Bonchev–Trinajstić information content (AvgIpc) is 2.47. The van der Waals surface area contributed by atoms with Crippen LogP contribution in [-0.4, -0.2) is 48.6 Å². The molecule has 0 aliphatic carbocycles. The molecule has 0 radical (unpaired) electrons. The SMILES string of the molecule is CNC(CC(C)(C)N1CCNCC1)c1ccccn1. The highest BCUT2D eigenvalue weighted by atomic mass is 15.2. The second kappa shape index (κ2) is 6.46. The number of piperazine rings is 1. The summed E-state index contributed by atoms with van der Waals surface area (Å²) < 4.78 is 0. The van der Waals surface area contributed by atoms with Crippen molar-refractivity contribution in [2.24, 2.45) is 0 Å². The average molecular weight is 262 g/mol. The first-order chi connectivity index (χ1) is 9.13. The Morgan fingerprint density at radius 2 is 2.11 bits per heavy atom. The molecule has 1 unspecified atom stereocenters. The summed E-state index contributed by atoms with van der Waals surface area (Å²) in [4.78, 5) is 7.07. The first-order valence-corrected chi connectivity index (χ1v) is 7.17. The molecular formula is C15H26N4. The van der Waals surface area contributed by atoms with Gasteiger partial charge in [0.1, 0.15) is 0 Å². The summed E-state index contributed by atoms with van der Waals surface area (Å²) in [7, 11) is 2.02. The molecule has 1 aliphatic heterocycles. The molecule has 2 heterocycles. The summed E-state index contributed by atoms with van der Waals surface area (Å²) >= 11 is 0. The predicted octanol–water partition coefficient (Wildman–Crippen LogP) is 1.42. The van der Waals surface area contributed by atoms with Crippen LogP contribution in [0.5, 0.6) is 0 Å². The van der Waals surface area contributed by atoms with E-state index in [1.807, 2.05) is 19.3 Å². The Kier molecular flexibility index (Phi) is 4.91. The number of nitrogens with one attached hydrogen (secondary N) is 2. The van der Waals surface area contributed by atoms with Crippen molar-refractivity contribution in [3.8, 4) is 0 Å². The van der Waals surface area contributed by atoms with Crippen molar-refractivity contribution >= 4 is 0 Å². The first kappa shape index (κ1) is 14.4. The van der Waals surface area contributed by atoms with Gasteiger partial charge in [-0.15, -0.1) is 0 Å². The Balaban J connectivity index is 2.04. The lowest BCUT2D eigenvalue weighted by Crippen LogP contribution is -2.54. The molecule has 1 saturated heterocycles. The lowest BCUT2D eigenvalue weighted by atomic mass is 9.91. The minimum atomic E-state index is 0.188. The fourth-order valence-corrected chi connectivity index (χ4v) is 2.84. The van der Waals surface area contributed by atoms with E-state index in [-0.39, 0.29) is 5.54 Å². The van der Waals surface area contributed by atoms with Crippen LogP contribution >= 0.6 is 0 Å². The van der Waals surface area contributed by atoms with Crippen molar-refractivity contribution in [2.45, 2.75) is 31.8 Å². The van der Waals surface area contributed by atoms with Gasteiger partial charge < -0.3 is 10.6 Å². The fourth-order valence-electron chi connectivity index (χ4n) is 2.84. The topological polar surface area (TPSA) is 40.2 Å². The molecule has 0 aromatic carbocycles. The molecule has 0 amide bonds. The summed E-state index contributed by atoms with van der Waals surface area (Å²) in [6, 6.07) is 6.45. The Morgan fingerprint density at radius 1 is 1.37 bits per heavy atom. The molecule has 106 valence electrons. The van der Waals surface area contributed by atoms with Crippen LogP contribution in [-0.2, 0) is 0 Å². The van der Waals surface area contributed by atoms with Gasteiger partial charge in [0.2, 0.25) is 0 Å². The lowest BCUT2D eigenvalue weighted by molar-refractivity contribution is 0.0857. The molecule has 0 spiro atoms. The summed E-state index contributed by atoms with van der Waals surface area (Å²) in [6.07, 6.45) is 2.94. The van der Waals surface area contributed by atoms with Crippen LogP contribution in [0.1, 0.15) is 32.0 Å². The molecule has 4 heteroatoms. The number of nitrogens with zero attached hydrogens (tertiary/aromatic N) is 2. The quantitative estimate of drug-likeness (QED) is 0.842. The Bertz CT molecular complexity index is 371. The largest absolute Gasteiger partial charge is 0.314 e. The van der Waals surface area contributed by atoms with Crippen molar-refractivity contribution in [3.63, 3.8) is 0 Å². The molecule has 4 nitrogen and oxygen atoms in total. The molecule has 1 aromatic heterocycles. The molecular weight excluding hydrogens is 236 g/mol. The van der Waals surface area contributed by atoms with E-state index in [0.29, 0.717) is 6.04 Å². The van der Waals surface area contributed by atoms with Gasteiger partial charge in [-0.2, -0.15) is 0 Å². The van der Waals surface area contributed by atoms with E-state index >= 15 is 0 Å². The molecule has 0 saturated carbocycles. The van der Waals surface area contributed by atoms with Crippen LogP contribution in [0.2, 0.25) is 0 Å². The lowest BCUT2D eigenvalue weighted by Gasteiger charge is -2.43. The van der Waals surface area contributed by atoms with Gasteiger partial charge in [-0.05, 0) is 39.4 Å². The number of hydrogen-bond donors (Lipinski definition) is 2. The van der Waals surface area contributed by atoms with Crippen LogP contribution in [0.4, 0.5) is 0 Å². The molecule has 1 fully saturated rings. The van der Waals surface area contributed by atoms with Gasteiger partial charge >= 0.3 is 0 Å². The Labute approximate surface area is 116 Å². The first-order valence-electron chi connectivity index (χ1n) is 7.17. The van der Waals surface area contributed by atoms with Crippen LogP contribution < -0.4 is 10.6 Å². The second-order valence-corrected chi connectivity index (χ2v) is 5.85. The van der Waals surface area contributed by atoms with Crippen molar-refractivity contribution in [2.75, 3.05) is 33.2 Å². The van der Waals surface area contributed by atoms with E-state index in [2.05, 4.69) is 46.5 Å². The highest BCUT2D eigenvalue weighted by molar-refractivity contribution is 5.10. The predicted molar refractivity (Wildman–Crippen MR) is 79.2 cm³/mol. The maximum Gasteiger partial charge on any atom is 0.0573 e. The highest BCUT2D eigenvalue weighted by Gasteiger charge is 2.31. The summed E-state index contributed by atoms with van der Waals surface area (Å²) in [5, 5.41) is 6.82. The molecule has 2 N–H and O–H groups in total. The van der Waals surface area contributed by atoms with Crippen molar-refractivity contribution < 1.29 is 0 Å². The minimum absolute atomic E-state index is 0.188. The van der Waals surface area contributed by atoms with Crippen LogP contribution in [0, 0.1) is 0 Å². The van der Waals surface area contributed by atoms with Gasteiger partial charge in [-0.25, -0.2) is 0 Å². The molecule has 1 atom stereocenters. The molecule has 19 heavy (non-hydrogen) atoms. The molecule has 2 rings (SSSR count). The van der Waals surface area contributed by atoms with Gasteiger partial charge in [0.05, 0.1) is 11.7 Å². The van der Waals surface area contributed by atoms with Crippen molar-refractivity contribution in [1.82, 2.24) is 20.5 Å². The van der Waals surface area contributed by atoms with Crippen molar-refractivity contribution in [3.05, 3.63) is 30.1 Å². The summed E-state index contributed by atoms with van der Waals surface area (Å²) in [6.45, 7) is 9.13. The Morgan fingerprint density at radius 3 is 2.68 bits per heavy atom. The van der Waals surface area contributed by atoms with E-state index in [1.54, 1.807) is 0 Å². The molecule has 0 bridgehead atoms. The van der Waals surface area contributed by atoms with Crippen molar-refractivity contribution in [1.29, 1.82) is 0 Å². The summed E-state index contributed by atoms with van der Waals surface area (Å²) in [5.41, 5.74) is 1.32. The maximum absolute atomic E-state index is 4.49. The Hall–Kier alpha value is -0.970. The van der Waals surface area contributed by atoms with Gasteiger partial charge in [-0.3, -0.25) is 9.88 Å². The van der Waals surface area contributed by atoms with E-state index < -0.39 is 0 Å². The monoisotopic (exact) mass is 262 g/mol.